The molecule has 0 aromatic rings. The number of hydrogen-bond donors (Lipinski definition) is 0. The molecular weight excluding hydrogens is 280 g/mol. The van der Waals surface area contributed by atoms with Gasteiger partial charge < -0.3 is 4.74 Å². The average molecular weight is 327 g/mol. The second-order valence-corrected chi connectivity index (χ2v) is 7.54. The van der Waals surface area contributed by atoms with Crippen molar-refractivity contribution < 1.29 is 4.74 Å². The number of ether oxygens (including phenoxy) is 1. The van der Waals surface area contributed by atoms with Crippen LogP contribution in [0.15, 0.2) is 0 Å². The van der Waals surface area contributed by atoms with Crippen molar-refractivity contribution in [2.45, 2.75) is 130 Å². The molecule has 0 radical (unpaired) electrons. The highest BCUT2D eigenvalue weighted by Crippen LogP contribution is 2.16. The summed E-state index contributed by atoms with van der Waals surface area (Å²) in [5.41, 5.74) is 0. The van der Waals surface area contributed by atoms with Crippen LogP contribution < -0.4 is 0 Å². The third-order valence-electron chi connectivity index (χ3n) is 5.17. The van der Waals surface area contributed by atoms with Crippen LogP contribution in [0.25, 0.3) is 0 Å². The molecule has 1 heteroatoms. The average Bonchev–Trinajstić information content (AvgIpc) is 2.57. The zero-order valence-corrected chi connectivity index (χ0v) is 16.9. The molecule has 0 aliphatic heterocycles. The zero-order chi connectivity index (χ0) is 17.2. The summed E-state index contributed by atoms with van der Waals surface area (Å²) in [6.07, 6.45) is 21.2. The Labute approximate surface area is 148 Å². The fraction of sp³-hybridized carbons (Fsp3) is 1.00. The Hall–Kier alpha value is -0.0400. The molecule has 0 saturated heterocycles. The Morgan fingerprint density at radius 3 is 1.52 bits per heavy atom. The summed E-state index contributed by atoms with van der Waals surface area (Å²) in [5, 5.41) is 0. The SMILES string of the molecule is CCCCCCCCCCCCCCOC(CC)CC(C)CC. The molecule has 0 aromatic carbocycles. The second-order valence-electron chi connectivity index (χ2n) is 7.54. The fourth-order valence-corrected chi connectivity index (χ4v) is 3.16. The van der Waals surface area contributed by atoms with Crippen LogP contribution in [0.3, 0.4) is 0 Å². The number of hydrogen-bond acceptors (Lipinski definition) is 1. The largest absolute Gasteiger partial charge is 0.378 e. The van der Waals surface area contributed by atoms with Gasteiger partial charge in [0.15, 0.2) is 0 Å². The van der Waals surface area contributed by atoms with Gasteiger partial charge in [-0.2, -0.15) is 0 Å². The first-order valence-electron chi connectivity index (χ1n) is 10.9. The van der Waals surface area contributed by atoms with Gasteiger partial charge in [-0.25, -0.2) is 0 Å². The monoisotopic (exact) mass is 326 g/mol. The summed E-state index contributed by atoms with van der Waals surface area (Å²) < 4.78 is 6.06. The normalized spacial score (nSPS) is 14.1. The summed E-state index contributed by atoms with van der Waals surface area (Å²) in [6.45, 7) is 10.2. The van der Waals surface area contributed by atoms with Gasteiger partial charge in [0.25, 0.3) is 0 Å². The lowest BCUT2D eigenvalue weighted by Gasteiger charge is -2.19. The standard InChI is InChI=1S/C22H46O/c1-5-8-9-10-11-12-13-14-15-16-17-18-19-23-22(7-3)20-21(4)6-2/h21-22H,5-20H2,1-4H3. The van der Waals surface area contributed by atoms with Crippen LogP contribution >= 0.6 is 0 Å². The summed E-state index contributed by atoms with van der Waals surface area (Å²) in [6, 6.07) is 0. The lowest BCUT2D eigenvalue weighted by Crippen LogP contribution is -2.16. The van der Waals surface area contributed by atoms with Crippen LogP contribution in [-0.4, -0.2) is 12.7 Å². The minimum absolute atomic E-state index is 0.498. The van der Waals surface area contributed by atoms with Crippen molar-refractivity contribution in [2.24, 2.45) is 5.92 Å². The quantitative estimate of drug-likeness (QED) is 0.232. The molecule has 1 nitrogen and oxygen atoms in total. The number of unbranched alkanes of at least 4 members (excludes halogenated alkanes) is 11. The molecule has 0 bridgehead atoms. The summed E-state index contributed by atoms with van der Waals surface area (Å²) in [7, 11) is 0. The van der Waals surface area contributed by atoms with Gasteiger partial charge in [0.05, 0.1) is 6.10 Å². The summed E-state index contributed by atoms with van der Waals surface area (Å²) in [5.74, 6) is 0.807. The summed E-state index contributed by atoms with van der Waals surface area (Å²) in [4.78, 5) is 0. The van der Waals surface area contributed by atoms with Gasteiger partial charge in [0.1, 0.15) is 0 Å². The van der Waals surface area contributed by atoms with Gasteiger partial charge in [-0.05, 0) is 25.2 Å². The lowest BCUT2D eigenvalue weighted by molar-refractivity contribution is 0.0325. The van der Waals surface area contributed by atoms with Crippen LogP contribution in [0.1, 0.15) is 124 Å². The van der Waals surface area contributed by atoms with Gasteiger partial charge in [-0.3, -0.25) is 0 Å². The first-order valence-corrected chi connectivity index (χ1v) is 10.9. The molecule has 140 valence electrons. The van der Waals surface area contributed by atoms with Gasteiger partial charge in [-0.15, -0.1) is 0 Å². The van der Waals surface area contributed by atoms with E-state index in [9.17, 15) is 0 Å². The van der Waals surface area contributed by atoms with Gasteiger partial charge in [-0.1, -0.05) is 105 Å². The lowest BCUT2D eigenvalue weighted by atomic mass is 10.00. The zero-order valence-electron chi connectivity index (χ0n) is 16.9. The Bertz CT molecular complexity index is 214. The highest BCUT2D eigenvalue weighted by Gasteiger charge is 2.10. The van der Waals surface area contributed by atoms with E-state index in [-0.39, 0.29) is 0 Å². The Kier molecular flexibility index (Phi) is 18.3. The van der Waals surface area contributed by atoms with Crippen molar-refractivity contribution in [3.05, 3.63) is 0 Å². The van der Waals surface area contributed by atoms with Gasteiger partial charge >= 0.3 is 0 Å². The van der Waals surface area contributed by atoms with Crippen molar-refractivity contribution in [1.82, 2.24) is 0 Å². The van der Waals surface area contributed by atoms with Crippen LogP contribution in [0, 0.1) is 5.92 Å². The van der Waals surface area contributed by atoms with E-state index in [1.54, 1.807) is 0 Å². The molecule has 2 unspecified atom stereocenters. The van der Waals surface area contributed by atoms with Crippen molar-refractivity contribution in [3.8, 4) is 0 Å². The molecule has 23 heavy (non-hydrogen) atoms. The van der Waals surface area contributed by atoms with E-state index in [1.165, 1.54) is 96.3 Å². The highest BCUT2D eigenvalue weighted by atomic mass is 16.5. The minimum atomic E-state index is 0.498. The maximum atomic E-state index is 6.06. The maximum Gasteiger partial charge on any atom is 0.0575 e. The predicted octanol–water partition coefficient (Wildman–Crippen LogP) is 7.92. The van der Waals surface area contributed by atoms with Crippen LogP contribution in [0.4, 0.5) is 0 Å². The van der Waals surface area contributed by atoms with E-state index in [0.29, 0.717) is 6.10 Å². The first-order chi connectivity index (χ1) is 11.2. The van der Waals surface area contributed by atoms with Crippen molar-refractivity contribution in [2.75, 3.05) is 6.61 Å². The molecule has 0 saturated carbocycles. The van der Waals surface area contributed by atoms with Crippen molar-refractivity contribution in [3.63, 3.8) is 0 Å². The molecule has 0 aromatic heterocycles. The van der Waals surface area contributed by atoms with Crippen LogP contribution in [-0.2, 0) is 4.74 Å². The molecule has 0 fully saturated rings. The molecule has 0 heterocycles. The molecule has 0 amide bonds. The molecule has 0 spiro atoms. The van der Waals surface area contributed by atoms with Crippen LogP contribution in [0.2, 0.25) is 0 Å². The molecule has 0 aliphatic rings. The van der Waals surface area contributed by atoms with E-state index in [4.69, 9.17) is 4.74 Å². The van der Waals surface area contributed by atoms with E-state index >= 15 is 0 Å². The molecular formula is C22H46O. The van der Waals surface area contributed by atoms with E-state index < -0.39 is 0 Å². The first kappa shape index (κ1) is 23.0. The summed E-state index contributed by atoms with van der Waals surface area (Å²) >= 11 is 0. The molecule has 0 aliphatic carbocycles. The number of rotatable bonds is 18. The van der Waals surface area contributed by atoms with E-state index in [1.807, 2.05) is 0 Å². The third kappa shape index (κ3) is 16.6. The Morgan fingerprint density at radius 1 is 0.609 bits per heavy atom. The van der Waals surface area contributed by atoms with E-state index in [2.05, 4.69) is 27.7 Å². The smallest absolute Gasteiger partial charge is 0.0575 e. The second kappa shape index (κ2) is 18.3. The minimum Gasteiger partial charge on any atom is -0.378 e. The Morgan fingerprint density at radius 2 is 1.09 bits per heavy atom. The highest BCUT2D eigenvalue weighted by molar-refractivity contribution is 4.61. The Balaban J connectivity index is 3.23. The fourth-order valence-electron chi connectivity index (χ4n) is 3.16. The van der Waals surface area contributed by atoms with Crippen LogP contribution in [0.5, 0.6) is 0 Å². The topological polar surface area (TPSA) is 9.23 Å². The van der Waals surface area contributed by atoms with E-state index in [0.717, 1.165) is 12.5 Å². The van der Waals surface area contributed by atoms with Crippen molar-refractivity contribution in [1.29, 1.82) is 0 Å². The molecule has 0 rings (SSSR count). The molecule has 2 atom stereocenters. The third-order valence-corrected chi connectivity index (χ3v) is 5.17. The predicted molar refractivity (Wildman–Crippen MR) is 105 cm³/mol. The van der Waals surface area contributed by atoms with Gasteiger partial charge in [0, 0.05) is 6.61 Å². The molecule has 0 N–H and O–H groups in total. The van der Waals surface area contributed by atoms with Gasteiger partial charge in [0.2, 0.25) is 0 Å². The maximum absolute atomic E-state index is 6.06. The van der Waals surface area contributed by atoms with Crippen molar-refractivity contribution >= 4 is 0 Å².